The van der Waals surface area contributed by atoms with E-state index < -0.39 is 0 Å². The van der Waals surface area contributed by atoms with Gasteiger partial charge in [0.1, 0.15) is 94.5 Å². The lowest BCUT2D eigenvalue weighted by Crippen LogP contribution is -2.28. The summed E-state index contributed by atoms with van der Waals surface area (Å²) in [7, 11) is 0. The van der Waals surface area contributed by atoms with Gasteiger partial charge in [0.2, 0.25) is 0 Å². The average molecular weight is 1870 g/mol. The number of nitrogens with one attached hydrogen (secondary N) is 3. The van der Waals surface area contributed by atoms with Gasteiger partial charge in [0.15, 0.2) is 0 Å². The molecule has 0 aliphatic carbocycles. The number of halogens is 1. The van der Waals surface area contributed by atoms with E-state index in [1.807, 2.05) is 200 Å². The van der Waals surface area contributed by atoms with Gasteiger partial charge in [0.05, 0.1) is 78.4 Å². The van der Waals surface area contributed by atoms with Gasteiger partial charge in [-0.15, -0.1) is 56.7 Å². The molecule has 0 saturated carbocycles. The Morgan fingerprint density at radius 1 is 0.364 bits per heavy atom. The second-order valence-corrected chi connectivity index (χ2v) is 37.7. The maximum Gasteiger partial charge on any atom is 0.346 e. The number of hydrogen-bond donors (Lipinski definition) is 3. The summed E-state index contributed by atoms with van der Waals surface area (Å²) in [4.78, 5) is 90.2. The van der Waals surface area contributed by atoms with Crippen molar-refractivity contribution in [3.63, 3.8) is 0 Å². The van der Waals surface area contributed by atoms with Gasteiger partial charge in [-0.2, -0.15) is 0 Å². The predicted molar refractivity (Wildman–Crippen MR) is 534 cm³/mol. The van der Waals surface area contributed by atoms with Gasteiger partial charge in [0, 0.05) is 77.4 Å². The summed E-state index contributed by atoms with van der Waals surface area (Å²) < 4.78 is 50.9. The van der Waals surface area contributed by atoms with Gasteiger partial charge in [-0.1, -0.05) is 118 Å². The molecule has 3 atom stereocenters. The third-order valence-electron chi connectivity index (χ3n) is 23.3. The van der Waals surface area contributed by atoms with Crippen LogP contribution in [0.25, 0.3) is 159 Å². The van der Waals surface area contributed by atoms with Crippen LogP contribution in [0.15, 0.2) is 283 Å². The Bertz CT molecular complexity index is 7400. The molecule has 3 aliphatic rings. The van der Waals surface area contributed by atoms with Crippen molar-refractivity contribution in [1.29, 1.82) is 0 Å². The zero-order valence-electron chi connectivity index (χ0n) is 72.4. The van der Waals surface area contributed by atoms with Crippen molar-refractivity contribution < 1.29 is 36.3 Å². The fraction of sp³-hybridized carbons (Fsp3) is 0.223. The van der Waals surface area contributed by atoms with E-state index >= 15 is 0 Å². The lowest BCUT2D eigenvalue weighted by Gasteiger charge is -2.17. The molecular formula is C103H89ClN10O13S5. The normalized spacial score (nSPS) is 14.9. The number of nitrogens with zero attached hydrogens (tertiary/aromatic N) is 7. The van der Waals surface area contributed by atoms with E-state index in [0.717, 1.165) is 186 Å². The van der Waals surface area contributed by atoms with Crippen LogP contribution in [0.3, 0.4) is 0 Å². The molecule has 0 amide bonds. The predicted octanol–water partition coefficient (Wildman–Crippen LogP) is 22.3. The zero-order valence-corrected chi connectivity index (χ0v) is 77.3. The molecule has 132 heavy (non-hydrogen) atoms. The Kier molecular flexibility index (Phi) is 26.9. The molecule has 23 rings (SSSR count). The van der Waals surface area contributed by atoms with E-state index in [2.05, 4.69) is 90.5 Å². The van der Waals surface area contributed by atoms with Crippen LogP contribution in [-0.2, 0) is 13.1 Å². The Morgan fingerprint density at radius 3 is 1.04 bits per heavy atom. The monoisotopic (exact) mass is 1870 g/mol. The van der Waals surface area contributed by atoms with Crippen LogP contribution in [0.2, 0.25) is 5.02 Å². The van der Waals surface area contributed by atoms with E-state index in [1.54, 1.807) is 24.3 Å². The Morgan fingerprint density at radius 2 is 0.697 bits per heavy atom. The smallest absolute Gasteiger partial charge is 0.346 e. The van der Waals surface area contributed by atoms with Crippen LogP contribution in [0.5, 0.6) is 17.2 Å². The lowest BCUT2D eigenvalue weighted by molar-refractivity contribution is 0.223. The van der Waals surface area contributed by atoms with Crippen molar-refractivity contribution in [3.05, 3.63) is 305 Å². The molecule has 0 bridgehead atoms. The molecule has 3 saturated heterocycles. The fourth-order valence-electron chi connectivity index (χ4n) is 16.1. The van der Waals surface area contributed by atoms with Crippen molar-refractivity contribution in [2.24, 2.45) is 0 Å². The highest BCUT2D eigenvalue weighted by Gasteiger charge is 2.24. The van der Waals surface area contributed by atoms with Gasteiger partial charge in [-0.25, -0.2) is 48.9 Å². The number of benzene rings is 10. The summed E-state index contributed by atoms with van der Waals surface area (Å²) in [6, 6.07) is 75.8. The summed E-state index contributed by atoms with van der Waals surface area (Å²) in [5, 5.41) is 18.3. The van der Waals surface area contributed by atoms with Gasteiger partial charge < -0.3 is 52.2 Å². The zero-order chi connectivity index (χ0) is 90.3. The maximum absolute atomic E-state index is 12.6. The second kappa shape index (κ2) is 40.1. The van der Waals surface area contributed by atoms with E-state index in [4.69, 9.17) is 47.9 Å². The molecule has 0 radical (unpaired) electrons. The molecule has 10 aromatic carbocycles. The van der Waals surface area contributed by atoms with E-state index in [9.17, 15) is 24.0 Å². The molecule has 23 nitrogen and oxygen atoms in total. The van der Waals surface area contributed by atoms with Crippen molar-refractivity contribution in [1.82, 2.24) is 50.7 Å². The molecule has 3 aliphatic heterocycles. The van der Waals surface area contributed by atoms with Crippen molar-refractivity contribution in [3.8, 4) is 70.1 Å². The van der Waals surface area contributed by atoms with Crippen molar-refractivity contribution in [2.75, 3.05) is 65.5 Å². The van der Waals surface area contributed by atoms with Crippen LogP contribution < -0.4 is 58.3 Å². The summed E-state index contributed by atoms with van der Waals surface area (Å²) in [5.41, 5.74) is 10.0. The first-order valence-electron chi connectivity index (χ1n) is 44.0. The number of aromatic nitrogens is 5. The first-order valence-corrected chi connectivity index (χ1v) is 48.4. The van der Waals surface area contributed by atoms with Crippen LogP contribution in [-0.4, -0.2) is 118 Å². The molecule has 10 aromatic heterocycles. The van der Waals surface area contributed by atoms with Crippen molar-refractivity contribution in [2.45, 2.75) is 84.7 Å². The molecule has 29 heteroatoms. The Labute approximate surface area is 780 Å². The number of ether oxygens (including phenoxy) is 3. The summed E-state index contributed by atoms with van der Waals surface area (Å²) in [6.07, 6.45) is 4.63. The maximum atomic E-state index is 12.6. The molecular weight excluding hydrogens is 1780 g/mol. The molecule has 0 spiro atoms. The molecule has 3 fully saturated rings. The van der Waals surface area contributed by atoms with Crippen LogP contribution in [0.4, 0.5) is 0 Å². The summed E-state index contributed by atoms with van der Waals surface area (Å²) in [5.74, 6) is 2.16. The highest BCUT2D eigenvalue weighted by molar-refractivity contribution is 7.23. The quantitative estimate of drug-likeness (QED) is 0.0598. The molecule has 0 unspecified atom stereocenters. The van der Waals surface area contributed by atoms with Crippen LogP contribution in [0.1, 0.15) is 64.5 Å². The molecule has 13 heterocycles. The lowest BCUT2D eigenvalue weighted by atomic mass is 10.1. The number of thiazole rings is 5. The van der Waals surface area contributed by atoms with Gasteiger partial charge >= 0.3 is 28.1 Å². The number of rotatable bonds is 20. The van der Waals surface area contributed by atoms with Gasteiger partial charge in [0.25, 0.3) is 0 Å². The standard InChI is InChI=1S/C21H19ClN2O2S.C21H18N2O3S.C21H20N2O2S.2C20H16N2O3S/c1-3-24(4-2)12-13-8-9-14-11-15(21(25)26-17(14)10-13)20-23-19-16(22)6-5-7-18(19)27-20;24-21-16(20-23-17-5-1-2-6-19(17)27-20)10-13-7-8-15(11-18(13)26-21)25-12-14-4-3-9-22-14;1-3-23(4-2)13-14-9-10-15-12-16(21(24)25-18(15)11-14)20-22-17-7-5-6-8-19(17)26-20;2*23-20-15(19-22-16-3-1-2-4-18(16)26-19)9-12-5-6-13(10-17(12)25-20)24-14-7-8-21-11-14/h5-11H,3-4,12H2,1-2H3;1-2,5-8,10-11,14,22H,3-4,9,12H2;5-12H,3-4,13H2,1-2H3;2*1-6,9-10,14,21H,7-8,11H2/t;14-;;2*14-/m.0.10/s1. The van der Waals surface area contributed by atoms with Gasteiger partial charge in [-0.3, -0.25) is 9.80 Å². The van der Waals surface area contributed by atoms with Crippen molar-refractivity contribution >= 4 is 174 Å². The first-order chi connectivity index (χ1) is 64.5. The first kappa shape index (κ1) is 88.5. The number of para-hydroxylation sites is 5. The van der Waals surface area contributed by atoms with Gasteiger partial charge in [-0.05, 0) is 222 Å². The largest absolute Gasteiger partial charge is 0.492 e. The number of hydrogen-bond acceptors (Lipinski definition) is 28. The Hall–Kier alpha value is -12.8. The highest BCUT2D eigenvalue weighted by atomic mass is 35.5. The third-order valence-corrected chi connectivity index (χ3v) is 28.9. The molecule has 3 N–H and O–H groups in total. The topological polar surface area (TPSA) is 286 Å². The highest BCUT2D eigenvalue weighted by Crippen LogP contribution is 2.39. The van der Waals surface area contributed by atoms with Crippen LogP contribution >= 0.6 is 68.3 Å². The number of fused-ring (bicyclic) bond motifs is 10. The SMILES string of the molecule is CCN(CC)Cc1ccc2cc(-c3nc4c(Cl)cccc4s3)c(=O)oc2c1.CCN(CC)Cc1ccc2cc(-c3nc4ccccc4s3)c(=O)oc2c1.O=c1oc2cc(OC[C@@H]3CCCN3)ccc2cc1-c1nc2ccccc2s1.O=c1oc2cc(O[C@@H]3CCNC3)ccc2cc1-c1nc2ccccc2s1.O=c1oc2cc(O[C@H]3CCNC3)ccc2cc1-c1nc2ccccc2s1. The minimum absolute atomic E-state index is 0.168. The second-order valence-electron chi connectivity index (χ2n) is 32.1. The van der Waals surface area contributed by atoms with E-state index in [0.29, 0.717) is 110 Å². The summed E-state index contributed by atoms with van der Waals surface area (Å²) in [6.45, 7) is 19.5. The van der Waals surface area contributed by atoms with Crippen LogP contribution in [0, 0.1) is 0 Å². The minimum Gasteiger partial charge on any atom is -0.492 e. The van der Waals surface area contributed by atoms with E-state index in [-0.39, 0.29) is 40.3 Å². The summed E-state index contributed by atoms with van der Waals surface area (Å²) >= 11 is 13.7. The Balaban J connectivity index is 0.000000107. The molecule has 20 aromatic rings. The fourth-order valence-corrected chi connectivity index (χ4v) is 21.2. The minimum atomic E-state index is -0.379. The van der Waals surface area contributed by atoms with E-state index in [1.165, 1.54) is 63.1 Å². The average Bonchev–Trinajstić information content (AvgIpc) is 1.58. The third kappa shape index (κ3) is 20.2. The molecule has 666 valence electrons.